The van der Waals surface area contributed by atoms with Crippen molar-refractivity contribution in [3.63, 3.8) is 0 Å². The van der Waals surface area contributed by atoms with Crippen molar-refractivity contribution in [1.82, 2.24) is 5.32 Å². The summed E-state index contributed by atoms with van der Waals surface area (Å²) in [5.74, 6) is 1.99. The molecule has 1 fully saturated rings. The molecule has 3 heteroatoms. The van der Waals surface area contributed by atoms with Crippen LogP contribution < -0.4 is 10.1 Å². The molecule has 2 aliphatic rings. The van der Waals surface area contributed by atoms with Crippen molar-refractivity contribution in [3.8, 4) is 5.75 Å². The zero-order valence-corrected chi connectivity index (χ0v) is 13.5. The van der Waals surface area contributed by atoms with Crippen molar-refractivity contribution >= 4 is 0 Å². The van der Waals surface area contributed by atoms with Crippen LogP contribution in [0.1, 0.15) is 56.6 Å². The van der Waals surface area contributed by atoms with Gasteiger partial charge in [0.05, 0.1) is 12.7 Å². The molecule has 0 aromatic heterocycles. The van der Waals surface area contributed by atoms with Crippen LogP contribution in [0.25, 0.3) is 0 Å². The van der Waals surface area contributed by atoms with Crippen molar-refractivity contribution in [1.29, 1.82) is 0 Å². The minimum Gasteiger partial charge on any atom is -0.493 e. The number of ether oxygens (including phenoxy) is 1. The smallest absolute Gasteiger partial charge is 0.125 e. The first kappa shape index (κ1) is 15.8. The van der Waals surface area contributed by atoms with E-state index in [1.54, 1.807) is 0 Å². The second-order valence-electron chi connectivity index (χ2n) is 6.89. The summed E-state index contributed by atoms with van der Waals surface area (Å²) in [7, 11) is 0. The van der Waals surface area contributed by atoms with Crippen molar-refractivity contribution in [2.75, 3.05) is 19.7 Å². The average Bonchev–Trinajstić information content (AvgIpc) is 2.58. The van der Waals surface area contributed by atoms with Crippen molar-refractivity contribution < 1.29 is 9.84 Å². The maximum atomic E-state index is 10.5. The van der Waals surface area contributed by atoms with Gasteiger partial charge in [-0.25, -0.2) is 0 Å². The molecule has 1 saturated carbocycles. The Morgan fingerprint density at radius 1 is 1.05 bits per heavy atom. The monoisotopic (exact) mass is 303 g/mol. The lowest BCUT2D eigenvalue weighted by Gasteiger charge is -2.30. The molecule has 1 aliphatic heterocycles. The summed E-state index contributed by atoms with van der Waals surface area (Å²) < 4.78 is 5.77. The van der Waals surface area contributed by atoms with Gasteiger partial charge in [-0.2, -0.15) is 0 Å². The van der Waals surface area contributed by atoms with E-state index in [9.17, 15) is 5.11 Å². The largest absolute Gasteiger partial charge is 0.493 e. The minimum absolute atomic E-state index is 0.206. The number of aliphatic hydroxyl groups is 1. The Kier molecular flexibility index (Phi) is 5.74. The molecule has 1 aliphatic carbocycles. The second kappa shape index (κ2) is 7.98. The lowest BCUT2D eigenvalue weighted by Crippen LogP contribution is -2.30. The Bertz CT molecular complexity index is 457. The second-order valence-corrected chi connectivity index (χ2v) is 6.89. The van der Waals surface area contributed by atoms with Crippen LogP contribution in [0.5, 0.6) is 5.75 Å². The molecule has 2 atom stereocenters. The summed E-state index contributed by atoms with van der Waals surface area (Å²) in [6.07, 6.45) is 9.04. The van der Waals surface area contributed by atoms with Gasteiger partial charge in [-0.3, -0.25) is 0 Å². The molecular weight excluding hydrogens is 274 g/mol. The molecular formula is C19H29NO2. The normalized spacial score (nSPS) is 25.5. The predicted molar refractivity (Wildman–Crippen MR) is 89.1 cm³/mol. The summed E-state index contributed by atoms with van der Waals surface area (Å²) in [5, 5.41) is 14.0. The van der Waals surface area contributed by atoms with E-state index in [-0.39, 0.29) is 12.0 Å². The van der Waals surface area contributed by atoms with Gasteiger partial charge in [0.1, 0.15) is 5.75 Å². The lowest BCUT2D eigenvalue weighted by atomic mass is 9.87. The maximum Gasteiger partial charge on any atom is 0.125 e. The van der Waals surface area contributed by atoms with Gasteiger partial charge in [0.15, 0.2) is 0 Å². The summed E-state index contributed by atoms with van der Waals surface area (Å²) in [5.41, 5.74) is 0.945. The minimum atomic E-state index is -0.384. The van der Waals surface area contributed by atoms with Gasteiger partial charge < -0.3 is 15.2 Å². The highest BCUT2D eigenvalue weighted by Gasteiger charge is 2.28. The fraction of sp³-hybridized carbons (Fsp3) is 0.684. The highest BCUT2D eigenvalue weighted by molar-refractivity contribution is 5.36. The fourth-order valence-corrected chi connectivity index (χ4v) is 3.83. The number of hydrogen-bond acceptors (Lipinski definition) is 3. The molecule has 1 aromatic carbocycles. The van der Waals surface area contributed by atoms with E-state index in [0.717, 1.165) is 36.7 Å². The van der Waals surface area contributed by atoms with Gasteiger partial charge in [-0.15, -0.1) is 0 Å². The summed E-state index contributed by atoms with van der Waals surface area (Å²) >= 11 is 0. The molecule has 2 N–H and O–H groups in total. The van der Waals surface area contributed by atoms with Crippen LogP contribution in [0.15, 0.2) is 24.3 Å². The van der Waals surface area contributed by atoms with Crippen molar-refractivity contribution in [2.24, 2.45) is 11.8 Å². The standard InChI is InChI=1S/C19H29NO2/c21-19-16(14-22-18-9-5-4-8-17(18)19)11-13-20-12-10-15-6-2-1-3-7-15/h4-5,8-9,15-16,19-21H,1-3,6-7,10-14H2. The molecule has 2 unspecified atom stereocenters. The van der Waals surface area contributed by atoms with Gasteiger partial charge in [0, 0.05) is 11.5 Å². The summed E-state index contributed by atoms with van der Waals surface area (Å²) in [6, 6.07) is 7.84. The summed E-state index contributed by atoms with van der Waals surface area (Å²) in [6.45, 7) is 2.72. The van der Waals surface area contributed by atoms with Crippen molar-refractivity contribution in [3.05, 3.63) is 29.8 Å². The highest BCUT2D eigenvalue weighted by atomic mass is 16.5. The van der Waals surface area contributed by atoms with Crippen LogP contribution >= 0.6 is 0 Å². The molecule has 0 spiro atoms. The molecule has 0 radical (unpaired) electrons. The van der Waals surface area contributed by atoms with Gasteiger partial charge in [0.25, 0.3) is 0 Å². The first-order chi connectivity index (χ1) is 10.8. The Balaban J connectivity index is 1.36. The van der Waals surface area contributed by atoms with Crippen LogP contribution in [-0.4, -0.2) is 24.8 Å². The van der Waals surface area contributed by atoms with E-state index in [1.807, 2.05) is 24.3 Å². The molecule has 1 aromatic rings. The third-order valence-electron chi connectivity index (χ3n) is 5.28. The fourth-order valence-electron chi connectivity index (χ4n) is 3.83. The van der Waals surface area contributed by atoms with E-state index < -0.39 is 0 Å². The lowest BCUT2D eigenvalue weighted by molar-refractivity contribution is 0.0462. The first-order valence-electron chi connectivity index (χ1n) is 8.95. The summed E-state index contributed by atoms with van der Waals surface area (Å²) in [4.78, 5) is 0. The first-order valence-corrected chi connectivity index (χ1v) is 8.95. The van der Waals surface area contributed by atoms with Crippen LogP contribution in [0, 0.1) is 11.8 Å². The van der Waals surface area contributed by atoms with E-state index in [2.05, 4.69) is 5.32 Å². The molecule has 0 saturated heterocycles. The van der Waals surface area contributed by atoms with E-state index in [1.165, 1.54) is 38.5 Å². The van der Waals surface area contributed by atoms with Gasteiger partial charge in [-0.05, 0) is 37.9 Å². The molecule has 0 bridgehead atoms. The zero-order chi connectivity index (χ0) is 15.2. The average molecular weight is 303 g/mol. The Morgan fingerprint density at radius 2 is 1.82 bits per heavy atom. The quantitative estimate of drug-likeness (QED) is 0.788. The van der Waals surface area contributed by atoms with E-state index in [0.29, 0.717) is 6.61 Å². The van der Waals surface area contributed by atoms with Gasteiger partial charge >= 0.3 is 0 Å². The van der Waals surface area contributed by atoms with Crippen LogP contribution in [-0.2, 0) is 0 Å². The van der Waals surface area contributed by atoms with Crippen LogP contribution in [0.2, 0.25) is 0 Å². The van der Waals surface area contributed by atoms with E-state index in [4.69, 9.17) is 4.74 Å². The number of hydrogen-bond donors (Lipinski definition) is 2. The Morgan fingerprint density at radius 3 is 2.68 bits per heavy atom. The molecule has 0 amide bonds. The van der Waals surface area contributed by atoms with E-state index >= 15 is 0 Å². The Labute approximate surface area is 134 Å². The Hall–Kier alpha value is -1.06. The number of fused-ring (bicyclic) bond motifs is 1. The zero-order valence-electron chi connectivity index (χ0n) is 13.5. The molecule has 3 nitrogen and oxygen atoms in total. The molecule has 3 rings (SSSR count). The molecule has 122 valence electrons. The molecule has 22 heavy (non-hydrogen) atoms. The predicted octanol–water partition coefficient (Wildman–Crippen LogP) is 3.68. The maximum absolute atomic E-state index is 10.5. The third-order valence-corrected chi connectivity index (χ3v) is 5.28. The third kappa shape index (κ3) is 4.02. The van der Waals surface area contributed by atoms with Gasteiger partial charge in [0.2, 0.25) is 0 Å². The number of para-hydroxylation sites is 1. The number of aliphatic hydroxyl groups excluding tert-OH is 1. The number of nitrogens with one attached hydrogen (secondary N) is 1. The number of rotatable bonds is 6. The van der Waals surface area contributed by atoms with Crippen molar-refractivity contribution in [2.45, 2.75) is 51.0 Å². The SMILES string of the molecule is OC1c2ccccc2OCC1CCNCCC1CCCCC1. The highest BCUT2D eigenvalue weighted by Crippen LogP contribution is 2.36. The van der Waals surface area contributed by atoms with Crippen LogP contribution in [0.3, 0.4) is 0 Å². The van der Waals surface area contributed by atoms with Gasteiger partial charge in [-0.1, -0.05) is 50.3 Å². The number of benzene rings is 1. The topological polar surface area (TPSA) is 41.5 Å². The van der Waals surface area contributed by atoms with Crippen LogP contribution in [0.4, 0.5) is 0 Å². The molecule has 1 heterocycles.